The number of nitrogen functional groups attached to an aromatic ring is 1. The number of anilines is 3. The van der Waals surface area contributed by atoms with Gasteiger partial charge in [-0.1, -0.05) is 24.3 Å². The molecule has 0 radical (unpaired) electrons. The van der Waals surface area contributed by atoms with Crippen LogP contribution in [0.1, 0.15) is 17.3 Å². The van der Waals surface area contributed by atoms with Crippen molar-refractivity contribution in [3.05, 3.63) is 78.4 Å². The van der Waals surface area contributed by atoms with Gasteiger partial charge >= 0.3 is 0 Å². The van der Waals surface area contributed by atoms with Crippen molar-refractivity contribution >= 4 is 45.9 Å². The van der Waals surface area contributed by atoms with Crippen molar-refractivity contribution in [2.75, 3.05) is 21.9 Å². The van der Waals surface area contributed by atoms with Crippen LogP contribution in [0.25, 0.3) is 0 Å². The highest BCUT2D eigenvalue weighted by Crippen LogP contribution is 2.24. The van der Waals surface area contributed by atoms with E-state index in [0.717, 1.165) is 17.6 Å². The molecule has 29 heavy (non-hydrogen) atoms. The molecule has 0 aromatic heterocycles. The molecule has 3 aromatic rings. The Hall–Kier alpha value is -2.81. The molecule has 0 fully saturated rings. The van der Waals surface area contributed by atoms with Gasteiger partial charge in [0.2, 0.25) is 0 Å². The Kier molecular flexibility index (Phi) is 6.92. The fourth-order valence-electron chi connectivity index (χ4n) is 2.80. The van der Waals surface area contributed by atoms with E-state index < -0.39 is 11.0 Å². The van der Waals surface area contributed by atoms with Gasteiger partial charge in [-0.25, -0.2) is 4.21 Å². The Bertz CT molecular complexity index is 1030. The number of nitrogens with one attached hydrogen (secondary N) is 1. The second-order valence-corrected chi connectivity index (χ2v) is 8.22. The van der Waals surface area contributed by atoms with Gasteiger partial charge < -0.3 is 11.1 Å². The summed E-state index contributed by atoms with van der Waals surface area (Å²) in [6.07, 6.45) is 0. The van der Waals surface area contributed by atoms with Crippen molar-refractivity contribution in [3.8, 4) is 0 Å². The third-order valence-corrected chi connectivity index (χ3v) is 6.38. The normalized spacial score (nSPS) is 11.7. The molecular weight excluding hydrogens is 404 g/mol. The average Bonchev–Trinajstić information content (AvgIpc) is 2.75. The number of carbonyl (C=O) groups excluding carboxylic acids is 1. The molecule has 8 heteroatoms. The molecule has 0 bridgehead atoms. The van der Waals surface area contributed by atoms with Crippen molar-refractivity contribution in [3.63, 3.8) is 0 Å². The van der Waals surface area contributed by atoms with E-state index in [1.54, 1.807) is 46.8 Å². The molecule has 0 saturated carbocycles. The summed E-state index contributed by atoms with van der Waals surface area (Å²) >= 11 is 1.03. The second kappa shape index (κ2) is 9.60. The summed E-state index contributed by atoms with van der Waals surface area (Å²) in [6, 6.07) is 21.5. The van der Waals surface area contributed by atoms with Crippen LogP contribution in [0.3, 0.4) is 0 Å². The van der Waals surface area contributed by atoms with E-state index in [0.29, 0.717) is 33.3 Å². The molecule has 0 aliphatic rings. The maximum Gasteiger partial charge on any atom is 0.255 e. The average molecular weight is 427 g/mol. The maximum atomic E-state index is 13.1. The third kappa shape index (κ3) is 4.97. The molecular formula is C21H22N4O2S2. The largest absolute Gasteiger partial charge is 0.398 e. The van der Waals surface area contributed by atoms with Gasteiger partial charge in [-0.15, -0.1) is 0 Å². The van der Waals surface area contributed by atoms with Crippen LogP contribution in [0.15, 0.2) is 82.6 Å². The van der Waals surface area contributed by atoms with E-state index in [9.17, 15) is 9.00 Å². The first-order valence-corrected chi connectivity index (χ1v) is 10.9. The Morgan fingerprint density at radius 3 is 2.48 bits per heavy atom. The minimum absolute atomic E-state index is 0.302. The molecule has 1 unspecified atom stereocenters. The standard InChI is InChI=1S/C21H22N4O2S2/c1-2-25(17-8-4-3-5-9-17)29(27)18-10-6-7-16(14-18)24-21(26)15-11-12-20(28-23)19(22)13-15/h3-14H,2,22-23H2,1H3,(H,24,26). The number of carbonyl (C=O) groups is 1. The van der Waals surface area contributed by atoms with Crippen LogP contribution in [0, 0.1) is 0 Å². The molecule has 6 nitrogen and oxygen atoms in total. The Morgan fingerprint density at radius 1 is 1.07 bits per heavy atom. The number of para-hydroxylation sites is 1. The lowest BCUT2D eigenvalue weighted by Gasteiger charge is -2.22. The van der Waals surface area contributed by atoms with Crippen molar-refractivity contribution in [2.45, 2.75) is 16.7 Å². The van der Waals surface area contributed by atoms with Crippen LogP contribution in [-0.2, 0) is 11.0 Å². The summed E-state index contributed by atoms with van der Waals surface area (Å²) < 4.78 is 14.9. The summed E-state index contributed by atoms with van der Waals surface area (Å²) in [4.78, 5) is 13.9. The first-order valence-electron chi connectivity index (χ1n) is 8.95. The summed E-state index contributed by atoms with van der Waals surface area (Å²) in [5, 5.41) is 8.36. The Labute approximate surface area is 177 Å². The van der Waals surface area contributed by atoms with Crippen molar-refractivity contribution in [1.29, 1.82) is 0 Å². The number of hydrogen-bond acceptors (Lipinski definition) is 5. The first kappa shape index (κ1) is 20.9. The first-order chi connectivity index (χ1) is 14.0. The fraction of sp³-hybridized carbons (Fsp3) is 0.0952. The topological polar surface area (TPSA) is 101 Å². The predicted octanol–water partition coefficient (Wildman–Crippen LogP) is 4.04. The van der Waals surface area contributed by atoms with Gasteiger partial charge in [0.1, 0.15) is 0 Å². The zero-order chi connectivity index (χ0) is 20.8. The molecule has 0 aliphatic heterocycles. The summed E-state index contributed by atoms with van der Waals surface area (Å²) in [5.41, 5.74) is 8.20. The highest BCUT2D eigenvalue weighted by molar-refractivity contribution is 7.97. The molecule has 3 rings (SSSR count). The van der Waals surface area contributed by atoms with Gasteiger partial charge in [-0.3, -0.25) is 14.2 Å². The summed E-state index contributed by atoms with van der Waals surface area (Å²) in [6.45, 7) is 2.53. The number of rotatable bonds is 7. The van der Waals surface area contributed by atoms with E-state index in [4.69, 9.17) is 10.9 Å². The van der Waals surface area contributed by atoms with Crippen LogP contribution >= 0.6 is 11.9 Å². The predicted molar refractivity (Wildman–Crippen MR) is 121 cm³/mol. The number of amides is 1. The minimum Gasteiger partial charge on any atom is -0.398 e. The van der Waals surface area contributed by atoms with Crippen LogP contribution in [0.4, 0.5) is 17.1 Å². The van der Waals surface area contributed by atoms with Crippen LogP contribution < -0.4 is 20.5 Å². The van der Waals surface area contributed by atoms with Gasteiger partial charge in [-0.05, 0) is 67.4 Å². The van der Waals surface area contributed by atoms with Crippen molar-refractivity contribution in [1.82, 2.24) is 0 Å². The lowest BCUT2D eigenvalue weighted by molar-refractivity contribution is 0.102. The number of nitrogens with two attached hydrogens (primary N) is 2. The quantitative estimate of drug-likeness (QED) is 0.391. The summed E-state index contributed by atoms with van der Waals surface area (Å²) in [7, 11) is -1.40. The lowest BCUT2D eigenvalue weighted by Crippen LogP contribution is -2.25. The molecule has 1 amide bonds. The van der Waals surface area contributed by atoms with E-state index >= 15 is 0 Å². The molecule has 1 atom stereocenters. The van der Waals surface area contributed by atoms with Gasteiger partial charge in [0.15, 0.2) is 11.0 Å². The highest BCUT2D eigenvalue weighted by atomic mass is 32.2. The van der Waals surface area contributed by atoms with Crippen molar-refractivity contribution in [2.24, 2.45) is 5.14 Å². The summed E-state index contributed by atoms with van der Waals surface area (Å²) in [5.74, 6) is -0.302. The van der Waals surface area contributed by atoms with Crippen LogP contribution in [0.2, 0.25) is 0 Å². The lowest BCUT2D eigenvalue weighted by atomic mass is 10.2. The van der Waals surface area contributed by atoms with Gasteiger partial charge in [0.05, 0.1) is 4.90 Å². The van der Waals surface area contributed by atoms with Crippen LogP contribution in [0.5, 0.6) is 0 Å². The van der Waals surface area contributed by atoms with E-state index in [1.807, 2.05) is 37.3 Å². The molecule has 0 saturated heterocycles. The molecule has 5 N–H and O–H groups in total. The SMILES string of the molecule is CCN(c1ccccc1)S(=O)c1cccc(NC(=O)c2ccc(SN)c(N)c2)c1. The monoisotopic (exact) mass is 426 g/mol. The van der Waals surface area contributed by atoms with Crippen molar-refractivity contribution < 1.29 is 9.00 Å². The third-order valence-electron chi connectivity index (χ3n) is 4.22. The minimum atomic E-state index is -1.40. The fourth-order valence-corrected chi connectivity index (χ4v) is 4.37. The highest BCUT2D eigenvalue weighted by Gasteiger charge is 2.15. The zero-order valence-corrected chi connectivity index (χ0v) is 17.5. The molecule has 0 aliphatic carbocycles. The van der Waals surface area contributed by atoms with E-state index in [2.05, 4.69) is 5.32 Å². The van der Waals surface area contributed by atoms with E-state index in [-0.39, 0.29) is 5.91 Å². The Morgan fingerprint density at radius 2 is 1.83 bits per heavy atom. The molecule has 0 spiro atoms. The zero-order valence-electron chi connectivity index (χ0n) is 15.9. The molecule has 150 valence electrons. The maximum absolute atomic E-state index is 13.1. The van der Waals surface area contributed by atoms with E-state index in [1.165, 1.54) is 0 Å². The molecule has 0 heterocycles. The Balaban J connectivity index is 1.79. The number of nitrogens with zero attached hydrogens (tertiary/aromatic N) is 1. The number of benzene rings is 3. The van der Waals surface area contributed by atoms with Crippen LogP contribution in [-0.4, -0.2) is 16.7 Å². The molecule has 3 aromatic carbocycles. The smallest absolute Gasteiger partial charge is 0.255 e. The van der Waals surface area contributed by atoms with Gasteiger partial charge in [0, 0.05) is 34.1 Å². The van der Waals surface area contributed by atoms with Gasteiger partial charge in [0.25, 0.3) is 5.91 Å². The van der Waals surface area contributed by atoms with Gasteiger partial charge in [-0.2, -0.15) is 0 Å². The second-order valence-electron chi connectivity index (χ2n) is 6.13. The number of hydrogen-bond donors (Lipinski definition) is 3.